The molecule has 0 radical (unpaired) electrons. The maximum atomic E-state index is 16.1. The van der Waals surface area contributed by atoms with Crippen LogP contribution in [0.25, 0.3) is 0 Å². The monoisotopic (exact) mass is 504 g/mol. The van der Waals surface area contributed by atoms with Gasteiger partial charge in [0, 0.05) is 5.41 Å². The van der Waals surface area contributed by atoms with Gasteiger partial charge in [-0.1, -0.05) is 26.2 Å². The summed E-state index contributed by atoms with van der Waals surface area (Å²) in [6.45, 7) is 0.274. The number of halogens is 15. The van der Waals surface area contributed by atoms with Gasteiger partial charge in [-0.15, -0.1) is 0 Å². The lowest BCUT2D eigenvalue weighted by Gasteiger charge is -2.64. The van der Waals surface area contributed by atoms with Gasteiger partial charge in [0.2, 0.25) is 0 Å². The third kappa shape index (κ3) is 2.26. The van der Waals surface area contributed by atoms with E-state index in [-0.39, 0.29) is 26.2 Å². The fraction of sp³-hybridized carbons (Fsp3) is 1.00. The molecule has 0 aromatic heterocycles. The summed E-state index contributed by atoms with van der Waals surface area (Å²) in [6, 6.07) is 0. The summed E-state index contributed by atoms with van der Waals surface area (Å²) < 4.78 is 216. The molecule has 3 aliphatic carbocycles. The molecule has 0 heterocycles. The molecule has 3 rings (SSSR count). The first kappa shape index (κ1) is 25.6. The van der Waals surface area contributed by atoms with Crippen molar-refractivity contribution in [3.05, 3.63) is 0 Å². The van der Waals surface area contributed by atoms with Crippen LogP contribution in [0, 0.1) is 17.3 Å². The van der Waals surface area contributed by atoms with Crippen LogP contribution in [-0.2, 0) is 0 Å². The highest BCUT2D eigenvalue weighted by molar-refractivity contribution is 5.32. The number of hydrogen-bond acceptors (Lipinski definition) is 0. The lowest BCUT2D eigenvalue weighted by molar-refractivity contribution is -0.509. The first-order valence-corrected chi connectivity index (χ1v) is 9.28. The predicted octanol–water partition coefficient (Wildman–Crippen LogP) is 7.37. The molecule has 3 aliphatic rings. The third-order valence-corrected chi connectivity index (χ3v) is 7.27. The number of hydrogen-bond donors (Lipinski definition) is 0. The minimum absolute atomic E-state index is 0.0820. The zero-order valence-corrected chi connectivity index (χ0v) is 15.9. The van der Waals surface area contributed by atoms with Gasteiger partial charge in [-0.05, 0) is 12.8 Å². The van der Waals surface area contributed by atoms with E-state index in [2.05, 4.69) is 0 Å². The van der Waals surface area contributed by atoms with E-state index < -0.39 is 77.2 Å². The molecule has 3 saturated carbocycles. The van der Waals surface area contributed by atoms with E-state index in [1.165, 1.54) is 0 Å². The van der Waals surface area contributed by atoms with Gasteiger partial charge in [-0.3, -0.25) is 0 Å². The molecule has 15 heteroatoms. The Morgan fingerprint density at radius 3 is 1.12 bits per heavy atom. The molecule has 0 aliphatic heterocycles. The average molecular weight is 504 g/mol. The first-order valence-electron chi connectivity index (χ1n) is 9.28. The molecule has 0 N–H and O–H groups in total. The molecule has 0 amide bonds. The summed E-state index contributed by atoms with van der Waals surface area (Å²) in [4.78, 5) is 0. The predicted molar refractivity (Wildman–Crippen MR) is 76.6 cm³/mol. The topological polar surface area (TPSA) is 0 Å². The Labute approximate surface area is 170 Å². The van der Waals surface area contributed by atoms with Crippen LogP contribution in [0.15, 0.2) is 0 Å². The average Bonchev–Trinajstić information content (AvgIpc) is 2.62. The van der Waals surface area contributed by atoms with Crippen LogP contribution in [0.3, 0.4) is 0 Å². The second kappa shape index (κ2) is 6.14. The molecule has 0 nitrogen and oxygen atoms in total. The Hall–Kier alpha value is -1.05. The summed E-state index contributed by atoms with van der Waals surface area (Å²) >= 11 is 0. The van der Waals surface area contributed by atoms with E-state index in [0.717, 1.165) is 0 Å². The molecular formula is C17H15F15. The standard InChI is InChI=1S/C17H15F15/c1-9(5-3-2-4-6-9)10(18)7-8(12(21,22)15(27,28)14(10,25)26)13(23,24)17(31,32)16(29,30)11(7,19)20/h7-8H,2-6H2,1H3. The summed E-state index contributed by atoms with van der Waals surface area (Å²) in [6.07, 6.45) is -2.70. The summed E-state index contributed by atoms with van der Waals surface area (Å²) in [5.41, 5.74) is -9.05. The van der Waals surface area contributed by atoms with Crippen LogP contribution in [0.4, 0.5) is 65.9 Å². The van der Waals surface area contributed by atoms with E-state index >= 15 is 4.39 Å². The van der Waals surface area contributed by atoms with Gasteiger partial charge in [0.05, 0.1) is 5.92 Å². The molecule has 3 atom stereocenters. The molecule has 188 valence electrons. The first-order chi connectivity index (χ1) is 13.9. The number of fused-ring (bicyclic) bond motifs is 1. The highest BCUT2D eigenvalue weighted by Gasteiger charge is 3.02. The van der Waals surface area contributed by atoms with Crippen molar-refractivity contribution < 1.29 is 65.9 Å². The normalized spacial score (nSPS) is 42.0. The van der Waals surface area contributed by atoms with Gasteiger partial charge in [-0.25, -0.2) is 4.39 Å². The molecule has 3 fully saturated rings. The van der Waals surface area contributed by atoms with Crippen molar-refractivity contribution in [1.82, 2.24) is 0 Å². The lowest BCUT2D eigenvalue weighted by Crippen LogP contribution is -2.88. The summed E-state index contributed by atoms with van der Waals surface area (Å²) in [7, 11) is 0. The van der Waals surface area contributed by atoms with Gasteiger partial charge in [0.1, 0.15) is 5.92 Å². The third-order valence-electron chi connectivity index (χ3n) is 7.27. The van der Waals surface area contributed by atoms with E-state index in [0.29, 0.717) is 0 Å². The van der Waals surface area contributed by atoms with E-state index in [9.17, 15) is 61.5 Å². The zero-order chi connectivity index (χ0) is 25.2. The van der Waals surface area contributed by atoms with Crippen molar-refractivity contribution in [2.24, 2.45) is 17.3 Å². The second-order valence-electron chi connectivity index (χ2n) is 8.95. The van der Waals surface area contributed by atoms with Gasteiger partial charge in [0.15, 0.2) is 5.67 Å². The number of rotatable bonds is 1. The second-order valence-corrected chi connectivity index (χ2v) is 8.95. The Morgan fingerprint density at radius 2 is 0.750 bits per heavy atom. The van der Waals surface area contributed by atoms with E-state index in [4.69, 9.17) is 0 Å². The quantitative estimate of drug-likeness (QED) is 0.327. The van der Waals surface area contributed by atoms with Crippen molar-refractivity contribution in [2.75, 3.05) is 0 Å². The fourth-order valence-electron chi connectivity index (χ4n) is 5.42. The Morgan fingerprint density at radius 1 is 0.438 bits per heavy atom. The molecule has 0 spiro atoms. The van der Waals surface area contributed by atoms with Gasteiger partial charge < -0.3 is 0 Å². The smallest absolute Gasteiger partial charge is 0.236 e. The molecular weight excluding hydrogens is 489 g/mol. The summed E-state index contributed by atoms with van der Waals surface area (Å²) in [5.74, 6) is -60.9. The highest BCUT2D eigenvalue weighted by Crippen LogP contribution is 2.78. The van der Waals surface area contributed by atoms with Crippen molar-refractivity contribution in [3.63, 3.8) is 0 Å². The van der Waals surface area contributed by atoms with Crippen LogP contribution < -0.4 is 0 Å². The van der Waals surface area contributed by atoms with E-state index in [1.54, 1.807) is 0 Å². The van der Waals surface area contributed by atoms with Crippen molar-refractivity contribution in [2.45, 2.75) is 86.2 Å². The van der Waals surface area contributed by atoms with Gasteiger partial charge in [0.25, 0.3) is 0 Å². The van der Waals surface area contributed by atoms with Crippen LogP contribution >= 0.6 is 0 Å². The van der Waals surface area contributed by atoms with Crippen LogP contribution in [0.1, 0.15) is 39.0 Å². The zero-order valence-electron chi connectivity index (χ0n) is 15.9. The van der Waals surface area contributed by atoms with Crippen LogP contribution in [0.2, 0.25) is 0 Å². The summed E-state index contributed by atoms with van der Waals surface area (Å²) in [5, 5.41) is 0. The van der Waals surface area contributed by atoms with Gasteiger partial charge >= 0.3 is 41.5 Å². The van der Waals surface area contributed by atoms with Gasteiger partial charge in [-0.2, -0.15) is 61.5 Å². The molecule has 0 aromatic carbocycles. The maximum absolute atomic E-state index is 16.1. The minimum atomic E-state index is -7.40. The van der Waals surface area contributed by atoms with Crippen LogP contribution in [-0.4, -0.2) is 47.1 Å². The number of alkyl halides is 15. The van der Waals surface area contributed by atoms with Crippen molar-refractivity contribution >= 4 is 0 Å². The van der Waals surface area contributed by atoms with Crippen LogP contribution in [0.5, 0.6) is 0 Å². The lowest BCUT2D eigenvalue weighted by atomic mass is 9.47. The minimum Gasteiger partial charge on any atom is -0.236 e. The Bertz CT molecular complexity index is 771. The van der Waals surface area contributed by atoms with Crippen molar-refractivity contribution in [3.8, 4) is 0 Å². The highest BCUT2D eigenvalue weighted by atomic mass is 19.4. The van der Waals surface area contributed by atoms with E-state index in [1.807, 2.05) is 0 Å². The SMILES string of the molecule is CC1(C2(F)C3C(C(F)(F)C(F)(F)C(F)(F)C3(F)F)C(F)(F)C(F)(F)C2(F)F)CCCCC1. The molecule has 3 unspecified atom stereocenters. The molecule has 0 saturated heterocycles. The maximum Gasteiger partial charge on any atom is 0.378 e. The Balaban J connectivity index is 2.49. The molecule has 32 heavy (non-hydrogen) atoms. The molecule has 0 aromatic rings. The fourth-order valence-corrected chi connectivity index (χ4v) is 5.42. The largest absolute Gasteiger partial charge is 0.378 e. The van der Waals surface area contributed by atoms with Crippen molar-refractivity contribution in [1.29, 1.82) is 0 Å². The Kier molecular flexibility index (Phi) is 4.90. The molecule has 0 bridgehead atoms.